The van der Waals surface area contributed by atoms with E-state index in [1.54, 1.807) is 18.3 Å². The molecule has 1 aromatic carbocycles. The molecular weight excluding hydrogens is 428 g/mol. The van der Waals surface area contributed by atoms with Crippen molar-refractivity contribution >= 4 is 22.6 Å². The molecule has 8 nitrogen and oxygen atoms in total. The predicted molar refractivity (Wildman–Crippen MR) is 122 cm³/mol. The molecule has 0 aliphatic carbocycles. The molecule has 3 heterocycles. The van der Waals surface area contributed by atoms with Gasteiger partial charge in [-0.05, 0) is 29.2 Å². The molecule has 0 atom stereocenters. The maximum Gasteiger partial charge on any atom is 0.331 e. The van der Waals surface area contributed by atoms with Crippen LogP contribution >= 0.6 is 11.6 Å². The highest BCUT2D eigenvalue weighted by molar-refractivity contribution is 6.30. The van der Waals surface area contributed by atoms with Gasteiger partial charge in [-0.15, -0.1) is 0 Å². The molecular formula is C23H23ClN6O2. The van der Waals surface area contributed by atoms with E-state index in [-0.39, 0.29) is 29.4 Å². The molecule has 0 unspecified atom stereocenters. The smallest absolute Gasteiger partial charge is 0.331 e. The largest absolute Gasteiger partial charge is 0.493 e. The second kappa shape index (κ2) is 8.17. The molecule has 1 N–H and O–H groups in total. The summed E-state index contributed by atoms with van der Waals surface area (Å²) >= 11 is 5.94. The Balaban J connectivity index is 1.74. The van der Waals surface area contributed by atoms with Crippen molar-refractivity contribution in [2.24, 2.45) is 5.41 Å². The Morgan fingerprint density at radius 2 is 1.88 bits per heavy atom. The van der Waals surface area contributed by atoms with Gasteiger partial charge in [-0.1, -0.05) is 44.5 Å². The second-order valence-electron chi connectivity index (χ2n) is 8.98. The Hall–Kier alpha value is -3.57. The van der Waals surface area contributed by atoms with Crippen LogP contribution in [0.1, 0.15) is 37.9 Å². The third-order valence-electron chi connectivity index (χ3n) is 5.06. The van der Waals surface area contributed by atoms with Gasteiger partial charge in [0, 0.05) is 28.8 Å². The molecule has 4 rings (SSSR count). The molecule has 9 heteroatoms. The lowest BCUT2D eigenvalue weighted by molar-refractivity contribution is 0.340. The highest BCUT2D eigenvalue weighted by atomic mass is 35.5. The monoisotopic (exact) mass is 450 g/mol. The number of hydrogen-bond donors (Lipinski definition) is 1. The van der Waals surface area contributed by atoms with Crippen molar-refractivity contribution in [2.75, 3.05) is 0 Å². The molecule has 0 radical (unpaired) electrons. The molecule has 3 aromatic heterocycles. The molecule has 0 saturated carbocycles. The van der Waals surface area contributed by atoms with Crippen molar-refractivity contribution in [1.82, 2.24) is 23.7 Å². The second-order valence-corrected chi connectivity index (χ2v) is 9.41. The summed E-state index contributed by atoms with van der Waals surface area (Å²) in [6, 6.07) is 11.1. The van der Waals surface area contributed by atoms with E-state index in [1.807, 2.05) is 28.8 Å². The minimum Gasteiger partial charge on any atom is -0.493 e. The number of halogens is 1. The van der Waals surface area contributed by atoms with E-state index >= 15 is 0 Å². The van der Waals surface area contributed by atoms with Gasteiger partial charge in [0.2, 0.25) is 11.7 Å². The first kappa shape index (κ1) is 21.7. The number of hydrogen-bond acceptors (Lipinski definition) is 5. The Bertz CT molecular complexity index is 1380. The molecule has 0 aliphatic rings. The van der Waals surface area contributed by atoms with Crippen molar-refractivity contribution in [3.63, 3.8) is 0 Å². The summed E-state index contributed by atoms with van der Waals surface area (Å²) in [7, 11) is 0. The Kier molecular flexibility index (Phi) is 5.53. The summed E-state index contributed by atoms with van der Waals surface area (Å²) in [4.78, 5) is 21.5. The van der Waals surface area contributed by atoms with Crippen LogP contribution in [0.3, 0.4) is 0 Å². The van der Waals surface area contributed by atoms with Crippen LogP contribution < -0.4 is 5.69 Å². The van der Waals surface area contributed by atoms with Crippen molar-refractivity contribution in [3.8, 4) is 11.9 Å². The van der Waals surface area contributed by atoms with Gasteiger partial charge in [0.1, 0.15) is 11.7 Å². The van der Waals surface area contributed by atoms with Crippen LogP contribution in [0, 0.1) is 16.7 Å². The summed E-state index contributed by atoms with van der Waals surface area (Å²) in [5.74, 6) is -0.0354. The van der Waals surface area contributed by atoms with Crippen molar-refractivity contribution in [2.45, 2.75) is 40.4 Å². The number of rotatable bonds is 5. The van der Waals surface area contributed by atoms with E-state index in [0.29, 0.717) is 23.8 Å². The average molecular weight is 451 g/mol. The third-order valence-corrected chi connectivity index (χ3v) is 5.32. The molecule has 0 fully saturated rings. The molecule has 0 bridgehead atoms. The molecule has 0 aliphatic heterocycles. The molecule has 0 saturated heterocycles. The van der Waals surface area contributed by atoms with Gasteiger partial charge in [0.15, 0.2) is 0 Å². The van der Waals surface area contributed by atoms with Gasteiger partial charge in [-0.3, -0.25) is 9.13 Å². The minimum atomic E-state index is -0.325. The maximum atomic E-state index is 13.0. The summed E-state index contributed by atoms with van der Waals surface area (Å²) in [6.07, 6.45) is 3.04. The highest BCUT2D eigenvalue weighted by Gasteiger charge is 2.20. The lowest BCUT2D eigenvalue weighted by atomic mass is 9.97. The Labute approximate surface area is 190 Å². The normalized spacial score (nSPS) is 11.7. The summed E-state index contributed by atoms with van der Waals surface area (Å²) < 4.78 is 4.77. The molecule has 0 amide bonds. The van der Waals surface area contributed by atoms with Crippen LogP contribution in [0.5, 0.6) is 5.88 Å². The Morgan fingerprint density at radius 1 is 1.16 bits per heavy atom. The van der Waals surface area contributed by atoms with E-state index in [9.17, 15) is 15.2 Å². The fraction of sp³-hybridized carbons (Fsp3) is 0.304. The number of nitrogens with zero attached hydrogens (tertiary/aromatic N) is 6. The molecule has 32 heavy (non-hydrogen) atoms. The summed E-state index contributed by atoms with van der Waals surface area (Å²) in [5, 5.41) is 21.1. The van der Waals surface area contributed by atoms with Crippen molar-refractivity contribution in [1.29, 1.82) is 5.26 Å². The lowest BCUT2D eigenvalue weighted by Gasteiger charge is -2.21. The van der Waals surface area contributed by atoms with Crippen LogP contribution in [0.15, 0.2) is 47.5 Å². The summed E-state index contributed by atoms with van der Waals surface area (Å²) in [6.45, 7) is 7.39. The lowest BCUT2D eigenvalue weighted by Crippen LogP contribution is -2.26. The first-order valence-electron chi connectivity index (χ1n) is 10.1. The topological polar surface area (TPSA) is 102 Å². The molecule has 4 aromatic rings. The van der Waals surface area contributed by atoms with Crippen molar-refractivity contribution < 1.29 is 5.11 Å². The molecule has 164 valence electrons. The number of fused-ring (bicyclic) bond motifs is 1. The van der Waals surface area contributed by atoms with E-state index in [0.717, 1.165) is 16.6 Å². The van der Waals surface area contributed by atoms with Crippen LogP contribution in [0.4, 0.5) is 0 Å². The SMILES string of the molecule is CC(C)(C)Cn1c(Cn2c(O)cn(Cc3ccc(Cl)cc3)c2=O)cc2cnc(C#N)nc21. The van der Waals surface area contributed by atoms with Crippen LogP contribution in [-0.2, 0) is 19.6 Å². The fourth-order valence-corrected chi connectivity index (χ4v) is 3.78. The van der Waals surface area contributed by atoms with Gasteiger partial charge in [-0.2, -0.15) is 5.26 Å². The van der Waals surface area contributed by atoms with Crippen LogP contribution in [0.2, 0.25) is 5.02 Å². The third kappa shape index (κ3) is 4.39. The predicted octanol–water partition coefficient (Wildman–Crippen LogP) is 3.77. The van der Waals surface area contributed by atoms with E-state index < -0.39 is 0 Å². The van der Waals surface area contributed by atoms with Crippen LogP contribution in [-0.4, -0.2) is 28.8 Å². The van der Waals surface area contributed by atoms with Gasteiger partial charge in [0.25, 0.3) is 0 Å². The zero-order valence-electron chi connectivity index (χ0n) is 18.1. The van der Waals surface area contributed by atoms with Gasteiger partial charge in [0.05, 0.1) is 19.3 Å². The van der Waals surface area contributed by atoms with E-state index in [2.05, 4.69) is 30.7 Å². The zero-order chi connectivity index (χ0) is 23.0. The maximum absolute atomic E-state index is 13.0. The van der Waals surface area contributed by atoms with Gasteiger partial charge < -0.3 is 9.67 Å². The quantitative estimate of drug-likeness (QED) is 0.498. The van der Waals surface area contributed by atoms with Gasteiger partial charge >= 0.3 is 5.69 Å². The minimum absolute atomic E-state index is 0.0774. The van der Waals surface area contributed by atoms with Crippen LogP contribution in [0.25, 0.3) is 11.0 Å². The standard InChI is InChI=1S/C23H23ClN6O2/c1-23(2,3)14-30-18(8-16-10-26-19(9-25)27-21(16)30)12-29-20(31)13-28(22(29)32)11-15-4-6-17(24)7-5-15/h4-8,10,13,31H,11-12,14H2,1-3H3. The average Bonchev–Trinajstić information content (AvgIpc) is 3.20. The first-order chi connectivity index (χ1) is 15.1. The Morgan fingerprint density at radius 3 is 2.53 bits per heavy atom. The van der Waals surface area contributed by atoms with E-state index in [4.69, 9.17) is 11.6 Å². The summed E-state index contributed by atoms with van der Waals surface area (Å²) in [5.41, 5.74) is 1.92. The number of imidazole rings is 1. The number of aromatic hydroxyl groups is 1. The zero-order valence-corrected chi connectivity index (χ0v) is 18.8. The first-order valence-corrected chi connectivity index (χ1v) is 10.5. The number of nitriles is 1. The van der Waals surface area contributed by atoms with E-state index in [1.165, 1.54) is 15.3 Å². The molecule has 0 spiro atoms. The fourth-order valence-electron chi connectivity index (χ4n) is 3.66. The highest BCUT2D eigenvalue weighted by Crippen LogP contribution is 2.25. The number of benzene rings is 1. The van der Waals surface area contributed by atoms with Crippen molar-refractivity contribution in [3.05, 3.63) is 75.3 Å². The van der Waals surface area contributed by atoms with Gasteiger partial charge in [-0.25, -0.2) is 14.8 Å². The number of aromatic nitrogens is 5.